The Balaban J connectivity index is 2.30. The van der Waals surface area contributed by atoms with Crippen molar-refractivity contribution in [1.82, 2.24) is 4.98 Å². The zero-order valence-electron chi connectivity index (χ0n) is 11.7. The van der Waals surface area contributed by atoms with E-state index >= 15 is 0 Å². The number of rotatable bonds is 4. The number of carbonyl (C=O) groups is 1. The molecule has 0 aliphatic rings. The molecular formula is C16H16BrNO2. The molecule has 20 heavy (non-hydrogen) atoms. The van der Waals surface area contributed by atoms with Gasteiger partial charge in [-0.25, -0.2) is 0 Å². The lowest BCUT2D eigenvalue weighted by atomic mass is 10.0. The summed E-state index contributed by atoms with van der Waals surface area (Å²) >= 11 is 3.44. The fourth-order valence-corrected chi connectivity index (χ4v) is 2.16. The second kappa shape index (κ2) is 6.18. The number of carbonyl (C=O) groups excluding carboxylic acids is 1. The standard InChI is InChI=1S/C16H16BrNO2/c1-10(2)20-14-6-13(8-18-9-14)16(19)12-5-4-11(3)15(17)7-12/h4-10H,1-3H3. The van der Waals surface area contributed by atoms with Gasteiger partial charge in [0.2, 0.25) is 0 Å². The van der Waals surface area contributed by atoms with Crippen LogP contribution in [0.2, 0.25) is 0 Å². The van der Waals surface area contributed by atoms with Crippen LogP contribution in [0.25, 0.3) is 0 Å². The van der Waals surface area contributed by atoms with Crippen LogP contribution in [0.15, 0.2) is 41.1 Å². The Kier molecular flexibility index (Phi) is 4.55. The number of ketones is 1. The highest BCUT2D eigenvalue weighted by Crippen LogP contribution is 2.21. The van der Waals surface area contributed by atoms with Crippen molar-refractivity contribution >= 4 is 21.7 Å². The molecule has 0 fully saturated rings. The van der Waals surface area contributed by atoms with E-state index in [9.17, 15) is 4.79 Å². The summed E-state index contributed by atoms with van der Waals surface area (Å²) in [7, 11) is 0. The molecule has 4 heteroatoms. The number of ether oxygens (including phenoxy) is 1. The van der Waals surface area contributed by atoms with Gasteiger partial charge >= 0.3 is 0 Å². The molecule has 0 saturated heterocycles. The quantitative estimate of drug-likeness (QED) is 0.788. The first-order chi connectivity index (χ1) is 9.47. The Morgan fingerprint density at radius 3 is 2.60 bits per heavy atom. The Hall–Kier alpha value is -1.68. The van der Waals surface area contributed by atoms with Crippen molar-refractivity contribution in [2.24, 2.45) is 0 Å². The highest BCUT2D eigenvalue weighted by molar-refractivity contribution is 9.10. The van der Waals surface area contributed by atoms with Crippen molar-refractivity contribution in [2.75, 3.05) is 0 Å². The zero-order chi connectivity index (χ0) is 14.7. The monoisotopic (exact) mass is 333 g/mol. The number of hydrogen-bond donors (Lipinski definition) is 0. The summed E-state index contributed by atoms with van der Waals surface area (Å²) < 4.78 is 6.48. The number of aromatic nitrogens is 1. The summed E-state index contributed by atoms with van der Waals surface area (Å²) in [6, 6.07) is 7.29. The SMILES string of the molecule is Cc1ccc(C(=O)c2cncc(OC(C)C)c2)cc1Br. The molecule has 0 radical (unpaired) electrons. The van der Waals surface area contributed by atoms with Gasteiger partial charge in [-0.2, -0.15) is 0 Å². The first-order valence-corrected chi connectivity index (χ1v) is 7.19. The van der Waals surface area contributed by atoms with Crippen LogP contribution in [0.4, 0.5) is 0 Å². The van der Waals surface area contributed by atoms with Crippen LogP contribution in [0.3, 0.4) is 0 Å². The van der Waals surface area contributed by atoms with Gasteiger partial charge in [-0.1, -0.05) is 28.1 Å². The second-order valence-electron chi connectivity index (χ2n) is 4.87. The van der Waals surface area contributed by atoms with E-state index in [2.05, 4.69) is 20.9 Å². The van der Waals surface area contributed by atoms with Gasteiger partial charge in [0.1, 0.15) is 5.75 Å². The van der Waals surface area contributed by atoms with E-state index in [4.69, 9.17) is 4.74 Å². The molecule has 0 amide bonds. The molecule has 0 aliphatic heterocycles. The number of halogens is 1. The fourth-order valence-electron chi connectivity index (χ4n) is 1.78. The molecular weight excluding hydrogens is 318 g/mol. The third kappa shape index (κ3) is 3.45. The van der Waals surface area contributed by atoms with Crippen molar-refractivity contribution in [3.63, 3.8) is 0 Å². The van der Waals surface area contributed by atoms with Crippen molar-refractivity contribution in [3.05, 3.63) is 57.8 Å². The molecule has 2 rings (SSSR count). The Bertz CT molecular complexity index is 638. The smallest absolute Gasteiger partial charge is 0.194 e. The molecule has 0 unspecified atom stereocenters. The van der Waals surface area contributed by atoms with Crippen LogP contribution in [0.1, 0.15) is 35.3 Å². The predicted octanol–water partition coefficient (Wildman–Crippen LogP) is 4.17. The second-order valence-corrected chi connectivity index (χ2v) is 5.72. The van der Waals surface area contributed by atoms with Crippen LogP contribution >= 0.6 is 15.9 Å². The normalized spacial score (nSPS) is 10.7. The van der Waals surface area contributed by atoms with Crippen molar-refractivity contribution < 1.29 is 9.53 Å². The van der Waals surface area contributed by atoms with E-state index in [1.54, 1.807) is 18.5 Å². The molecule has 0 bridgehead atoms. The first kappa shape index (κ1) is 14.7. The minimum absolute atomic E-state index is 0.0515. The lowest BCUT2D eigenvalue weighted by Gasteiger charge is -2.10. The molecule has 104 valence electrons. The minimum Gasteiger partial charge on any atom is -0.489 e. The van der Waals surface area contributed by atoms with E-state index in [0.717, 1.165) is 10.0 Å². The van der Waals surface area contributed by atoms with E-state index in [1.165, 1.54) is 0 Å². The molecule has 0 aliphatic carbocycles. The average molecular weight is 334 g/mol. The summed E-state index contributed by atoms with van der Waals surface area (Å²) in [5.74, 6) is 0.546. The largest absolute Gasteiger partial charge is 0.489 e. The van der Waals surface area contributed by atoms with Crippen molar-refractivity contribution in [2.45, 2.75) is 26.9 Å². The van der Waals surface area contributed by atoms with Gasteiger partial charge in [-0.15, -0.1) is 0 Å². The summed E-state index contributed by atoms with van der Waals surface area (Å²) in [4.78, 5) is 16.5. The van der Waals surface area contributed by atoms with Gasteiger partial charge in [-0.05, 0) is 38.5 Å². The van der Waals surface area contributed by atoms with Crippen molar-refractivity contribution in [3.8, 4) is 5.75 Å². The van der Waals surface area contributed by atoms with Crippen LogP contribution < -0.4 is 4.74 Å². The van der Waals surface area contributed by atoms with E-state index < -0.39 is 0 Å². The molecule has 2 aromatic rings. The van der Waals surface area contributed by atoms with E-state index in [1.807, 2.05) is 39.0 Å². The Labute approximate surface area is 127 Å². The van der Waals surface area contributed by atoms with E-state index in [-0.39, 0.29) is 11.9 Å². The number of nitrogens with zero attached hydrogens (tertiary/aromatic N) is 1. The first-order valence-electron chi connectivity index (χ1n) is 6.40. The zero-order valence-corrected chi connectivity index (χ0v) is 13.3. The van der Waals surface area contributed by atoms with E-state index in [0.29, 0.717) is 16.9 Å². The Morgan fingerprint density at radius 1 is 1.20 bits per heavy atom. The van der Waals surface area contributed by atoms with Crippen molar-refractivity contribution in [1.29, 1.82) is 0 Å². The highest BCUT2D eigenvalue weighted by atomic mass is 79.9. The van der Waals surface area contributed by atoms with Crippen LogP contribution in [0.5, 0.6) is 5.75 Å². The number of hydrogen-bond acceptors (Lipinski definition) is 3. The van der Waals surface area contributed by atoms with Gasteiger partial charge in [0.25, 0.3) is 0 Å². The van der Waals surface area contributed by atoms with Gasteiger partial charge in [0.05, 0.1) is 12.3 Å². The summed E-state index contributed by atoms with van der Waals surface area (Å²) in [5.41, 5.74) is 2.25. The maximum absolute atomic E-state index is 12.4. The molecule has 0 N–H and O–H groups in total. The fraction of sp³-hybridized carbons (Fsp3) is 0.250. The van der Waals surface area contributed by atoms with Gasteiger partial charge in [0.15, 0.2) is 5.78 Å². The predicted molar refractivity (Wildman–Crippen MR) is 82.3 cm³/mol. The number of benzene rings is 1. The maximum Gasteiger partial charge on any atom is 0.194 e. The molecule has 1 heterocycles. The Morgan fingerprint density at radius 2 is 1.95 bits per heavy atom. The van der Waals surface area contributed by atoms with Crippen LogP contribution in [-0.4, -0.2) is 16.9 Å². The third-order valence-electron chi connectivity index (χ3n) is 2.78. The summed E-state index contributed by atoms with van der Waals surface area (Å²) in [6.45, 7) is 5.86. The molecule has 1 aromatic heterocycles. The lowest BCUT2D eigenvalue weighted by molar-refractivity contribution is 0.103. The van der Waals surface area contributed by atoms with Crippen LogP contribution in [0, 0.1) is 6.92 Å². The topological polar surface area (TPSA) is 39.2 Å². The molecule has 0 saturated carbocycles. The average Bonchev–Trinajstić information content (AvgIpc) is 2.40. The van der Waals surface area contributed by atoms with Gasteiger partial charge in [-0.3, -0.25) is 9.78 Å². The number of pyridine rings is 1. The molecule has 3 nitrogen and oxygen atoms in total. The minimum atomic E-state index is -0.0626. The van der Waals surface area contributed by atoms with Gasteiger partial charge in [0, 0.05) is 21.8 Å². The summed E-state index contributed by atoms with van der Waals surface area (Å²) in [5, 5.41) is 0. The number of aryl methyl sites for hydroxylation is 1. The van der Waals surface area contributed by atoms with Crippen LogP contribution in [-0.2, 0) is 0 Å². The third-order valence-corrected chi connectivity index (χ3v) is 3.64. The highest BCUT2D eigenvalue weighted by Gasteiger charge is 2.12. The maximum atomic E-state index is 12.4. The molecule has 1 aromatic carbocycles. The van der Waals surface area contributed by atoms with Gasteiger partial charge < -0.3 is 4.74 Å². The molecule has 0 spiro atoms. The molecule has 0 atom stereocenters. The summed E-state index contributed by atoms with van der Waals surface area (Å²) in [6.07, 6.45) is 3.22. The lowest BCUT2D eigenvalue weighted by Crippen LogP contribution is -2.08.